The predicted molar refractivity (Wildman–Crippen MR) is 66.8 cm³/mol. The van der Waals surface area contributed by atoms with Gasteiger partial charge in [0.2, 0.25) is 0 Å². The maximum atomic E-state index is 10.5. The molecule has 2 unspecified atom stereocenters. The Morgan fingerprint density at radius 2 is 2.38 bits per heavy atom. The first-order valence-corrected chi connectivity index (χ1v) is 6.13. The molecule has 88 valence electrons. The first kappa shape index (κ1) is 11.9. The van der Waals surface area contributed by atoms with Crippen molar-refractivity contribution in [1.29, 1.82) is 0 Å². The van der Waals surface area contributed by atoms with E-state index in [2.05, 4.69) is 5.32 Å². The lowest BCUT2D eigenvalue weighted by Crippen LogP contribution is -2.38. The molecule has 0 spiro atoms. The van der Waals surface area contributed by atoms with Gasteiger partial charge in [0.25, 0.3) is 0 Å². The van der Waals surface area contributed by atoms with Gasteiger partial charge < -0.3 is 10.4 Å². The largest absolute Gasteiger partial charge is 0.389 e. The van der Waals surface area contributed by atoms with Crippen LogP contribution in [0, 0.1) is 5.92 Å². The molecule has 1 aromatic rings. The van der Waals surface area contributed by atoms with Gasteiger partial charge in [-0.3, -0.25) is 0 Å². The lowest BCUT2D eigenvalue weighted by Gasteiger charge is -2.29. The zero-order valence-corrected chi connectivity index (χ0v) is 10.3. The fraction of sp³-hybridized carbons (Fsp3) is 0.538. The summed E-state index contributed by atoms with van der Waals surface area (Å²) in [5.74, 6) is 0.339. The first-order valence-electron chi connectivity index (χ1n) is 5.75. The zero-order valence-electron chi connectivity index (χ0n) is 9.54. The molecule has 1 heterocycles. The summed E-state index contributed by atoms with van der Waals surface area (Å²) >= 11 is 5.94. The Labute approximate surface area is 102 Å². The molecule has 2 N–H and O–H groups in total. The fourth-order valence-corrected chi connectivity index (χ4v) is 2.60. The highest BCUT2D eigenvalue weighted by atomic mass is 35.5. The van der Waals surface area contributed by atoms with Crippen LogP contribution in [0.5, 0.6) is 0 Å². The number of rotatable bonds is 3. The highest BCUT2D eigenvalue weighted by Crippen LogP contribution is 2.27. The smallest absolute Gasteiger partial charge is 0.0700 e. The Balaban J connectivity index is 2.07. The molecule has 16 heavy (non-hydrogen) atoms. The van der Waals surface area contributed by atoms with E-state index in [4.69, 9.17) is 11.6 Å². The van der Waals surface area contributed by atoms with Crippen LogP contribution in [0.3, 0.4) is 0 Å². The van der Waals surface area contributed by atoms with Gasteiger partial charge in [-0.05, 0) is 37.6 Å². The van der Waals surface area contributed by atoms with Gasteiger partial charge >= 0.3 is 0 Å². The van der Waals surface area contributed by atoms with Gasteiger partial charge in [-0.25, -0.2) is 0 Å². The van der Waals surface area contributed by atoms with Crippen molar-refractivity contribution in [1.82, 2.24) is 5.32 Å². The van der Waals surface area contributed by atoms with Gasteiger partial charge in [-0.2, -0.15) is 0 Å². The monoisotopic (exact) mass is 239 g/mol. The molecule has 1 saturated heterocycles. The minimum Gasteiger partial charge on any atom is -0.389 e. The minimum absolute atomic E-state index is 0.339. The predicted octanol–water partition coefficient (Wildman–Crippen LogP) is 2.24. The molecular weight excluding hydrogens is 222 g/mol. The number of hydrogen-bond acceptors (Lipinski definition) is 2. The Bertz CT molecular complexity index is 359. The minimum atomic E-state index is -0.645. The van der Waals surface area contributed by atoms with Crippen LogP contribution in [0.15, 0.2) is 24.3 Å². The normalized spacial score (nSPS) is 24.3. The van der Waals surface area contributed by atoms with Crippen molar-refractivity contribution in [3.8, 4) is 0 Å². The van der Waals surface area contributed by atoms with Crippen LogP contribution in [0.25, 0.3) is 0 Å². The zero-order chi connectivity index (χ0) is 11.6. The number of nitrogens with one attached hydrogen (secondary N) is 1. The second-order valence-electron chi connectivity index (χ2n) is 4.85. The van der Waals surface area contributed by atoms with Crippen LogP contribution < -0.4 is 5.32 Å². The van der Waals surface area contributed by atoms with Gasteiger partial charge in [-0.1, -0.05) is 23.7 Å². The SMILES string of the molecule is CC(O)(Cc1cccc(Cl)c1)C1CCNC1. The average Bonchev–Trinajstić information content (AvgIpc) is 2.69. The van der Waals surface area contributed by atoms with Crippen LogP contribution in [0.2, 0.25) is 5.02 Å². The number of hydrogen-bond donors (Lipinski definition) is 2. The van der Waals surface area contributed by atoms with Crippen molar-refractivity contribution in [2.75, 3.05) is 13.1 Å². The highest BCUT2D eigenvalue weighted by Gasteiger charge is 2.33. The third-order valence-corrected chi connectivity index (χ3v) is 3.63. The summed E-state index contributed by atoms with van der Waals surface area (Å²) < 4.78 is 0. The van der Waals surface area contributed by atoms with Crippen LogP contribution >= 0.6 is 11.6 Å². The standard InChI is InChI=1S/C13H18ClNO/c1-13(16,11-5-6-15-9-11)8-10-3-2-4-12(14)7-10/h2-4,7,11,15-16H,5-6,8-9H2,1H3. The summed E-state index contributed by atoms with van der Waals surface area (Å²) in [6.07, 6.45) is 1.72. The molecule has 2 rings (SSSR count). The van der Waals surface area contributed by atoms with Gasteiger partial charge in [0.15, 0.2) is 0 Å². The molecule has 2 atom stereocenters. The quantitative estimate of drug-likeness (QED) is 0.848. The summed E-state index contributed by atoms with van der Waals surface area (Å²) in [6, 6.07) is 7.73. The molecule has 1 aliphatic rings. The number of aliphatic hydroxyl groups is 1. The second-order valence-corrected chi connectivity index (χ2v) is 5.29. The van der Waals surface area contributed by atoms with Crippen molar-refractivity contribution in [3.05, 3.63) is 34.9 Å². The lowest BCUT2D eigenvalue weighted by atomic mass is 9.83. The van der Waals surface area contributed by atoms with Crippen molar-refractivity contribution in [3.63, 3.8) is 0 Å². The molecule has 0 saturated carbocycles. The van der Waals surface area contributed by atoms with Gasteiger partial charge in [0.1, 0.15) is 0 Å². The van der Waals surface area contributed by atoms with E-state index in [9.17, 15) is 5.11 Å². The van der Waals surface area contributed by atoms with E-state index in [1.165, 1.54) is 0 Å². The van der Waals surface area contributed by atoms with Crippen molar-refractivity contribution in [2.24, 2.45) is 5.92 Å². The molecule has 2 nitrogen and oxygen atoms in total. The molecule has 0 aliphatic carbocycles. The molecule has 0 amide bonds. The lowest BCUT2D eigenvalue weighted by molar-refractivity contribution is 0.00727. The maximum absolute atomic E-state index is 10.5. The van der Waals surface area contributed by atoms with Crippen molar-refractivity contribution in [2.45, 2.75) is 25.4 Å². The van der Waals surface area contributed by atoms with Crippen LogP contribution in [0.1, 0.15) is 18.9 Å². The topological polar surface area (TPSA) is 32.3 Å². The first-order chi connectivity index (χ1) is 7.58. The molecule has 3 heteroatoms. The Kier molecular flexibility index (Phi) is 3.53. The number of halogens is 1. The molecule has 1 aromatic carbocycles. The summed E-state index contributed by atoms with van der Waals surface area (Å²) in [6.45, 7) is 3.84. The van der Waals surface area contributed by atoms with E-state index in [1.807, 2.05) is 31.2 Å². The third kappa shape index (κ3) is 2.76. The molecule has 0 aromatic heterocycles. The van der Waals surface area contributed by atoms with Gasteiger partial charge in [-0.15, -0.1) is 0 Å². The molecular formula is C13H18ClNO. The van der Waals surface area contributed by atoms with Gasteiger partial charge in [0.05, 0.1) is 5.60 Å². The molecule has 0 bridgehead atoms. The fourth-order valence-electron chi connectivity index (χ4n) is 2.39. The van der Waals surface area contributed by atoms with Crippen molar-refractivity contribution >= 4 is 11.6 Å². The van der Waals surface area contributed by atoms with Crippen LogP contribution in [-0.4, -0.2) is 23.8 Å². The van der Waals surface area contributed by atoms with E-state index in [-0.39, 0.29) is 0 Å². The van der Waals surface area contributed by atoms with E-state index >= 15 is 0 Å². The number of benzene rings is 1. The molecule has 1 fully saturated rings. The average molecular weight is 240 g/mol. The second kappa shape index (κ2) is 4.74. The van der Waals surface area contributed by atoms with Gasteiger partial charge in [0, 0.05) is 23.9 Å². The third-order valence-electron chi connectivity index (χ3n) is 3.39. The van der Waals surface area contributed by atoms with Crippen LogP contribution in [-0.2, 0) is 6.42 Å². The summed E-state index contributed by atoms with van der Waals surface area (Å²) in [4.78, 5) is 0. The Morgan fingerprint density at radius 3 is 3.00 bits per heavy atom. The van der Waals surface area contributed by atoms with Crippen molar-refractivity contribution < 1.29 is 5.11 Å². The summed E-state index contributed by atoms with van der Waals surface area (Å²) in [5.41, 5.74) is 0.457. The van der Waals surface area contributed by atoms with E-state index < -0.39 is 5.60 Å². The highest BCUT2D eigenvalue weighted by molar-refractivity contribution is 6.30. The summed E-state index contributed by atoms with van der Waals surface area (Å²) in [5, 5.41) is 14.5. The maximum Gasteiger partial charge on any atom is 0.0700 e. The molecule has 0 radical (unpaired) electrons. The molecule has 1 aliphatic heterocycles. The van der Waals surface area contributed by atoms with E-state index in [0.717, 1.165) is 30.1 Å². The van der Waals surface area contributed by atoms with E-state index in [1.54, 1.807) is 0 Å². The van der Waals surface area contributed by atoms with E-state index in [0.29, 0.717) is 12.3 Å². The Hall–Kier alpha value is -0.570. The Morgan fingerprint density at radius 1 is 1.56 bits per heavy atom. The van der Waals surface area contributed by atoms with Crippen LogP contribution in [0.4, 0.5) is 0 Å². The summed E-state index contributed by atoms with van der Waals surface area (Å²) in [7, 11) is 0.